The van der Waals surface area contributed by atoms with Gasteiger partial charge in [0.25, 0.3) is 0 Å². The molecular formula is C19H24N2O2. The third kappa shape index (κ3) is 3.33. The molecule has 0 bridgehead atoms. The quantitative estimate of drug-likeness (QED) is 0.890. The molecular weight excluding hydrogens is 288 g/mol. The van der Waals surface area contributed by atoms with E-state index in [1.54, 1.807) is 0 Å². The van der Waals surface area contributed by atoms with Gasteiger partial charge in [-0.05, 0) is 37.2 Å². The Morgan fingerprint density at radius 3 is 2.74 bits per heavy atom. The van der Waals surface area contributed by atoms with E-state index in [9.17, 15) is 5.11 Å². The number of fused-ring (bicyclic) bond motifs is 1. The molecule has 0 radical (unpaired) electrons. The molecule has 2 atom stereocenters. The average Bonchev–Trinajstić information content (AvgIpc) is 2.57. The molecule has 4 nitrogen and oxygen atoms in total. The number of aryl methyl sites for hydroxylation is 1. The Labute approximate surface area is 137 Å². The van der Waals surface area contributed by atoms with Gasteiger partial charge in [-0.3, -0.25) is 0 Å². The number of nitrogens with one attached hydrogen (secondary N) is 1. The van der Waals surface area contributed by atoms with Crippen LogP contribution in [0.2, 0.25) is 0 Å². The van der Waals surface area contributed by atoms with E-state index >= 15 is 0 Å². The Bertz CT molecular complexity index is 645. The standard InChI is InChI=1S/C19H24N2O2/c1-14-8-9-18-16(12-14)21(10-11-23-18)19(17(22)13-20-2)15-6-4-3-5-7-15/h3-9,12,17,19-20,22H,10-11,13H2,1-2H3. The molecule has 0 saturated heterocycles. The summed E-state index contributed by atoms with van der Waals surface area (Å²) < 4.78 is 5.80. The van der Waals surface area contributed by atoms with Crippen molar-refractivity contribution in [1.82, 2.24) is 5.32 Å². The predicted molar refractivity (Wildman–Crippen MR) is 93.1 cm³/mol. The summed E-state index contributed by atoms with van der Waals surface area (Å²) in [5.74, 6) is 0.888. The third-order valence-corrected chi connectivity index (χ3v) is 4.27. The molecule has 0 aliphatic carbocycles. The molecule has 3 rings (SSSR count). The van der Waals surface area contributed by atoms with E-state index in [4.69, 9.17) is 4.74 Å². The lowest BCUT2D eigenvalue weighted by atomic mass is 9.97. The maximum atomic E-state index is 10.8. The summed E-state index contributed by atoms with van der Waals surface area (Å²) in [6, 6.07) is 16.3. The van der Waals surface area contributed by atoms with E-state index < -0.39 is 6.10 Å². The van der Waals surface area contributed by atoms with Crippen molar-refractivity contribution in [3.05, 3.63) is 59.7 Å². The molecule has 0 aromatic heterocycles. The lowest BCUT2D eigenvalue weighted by Gasteiger charge is -2.40. The van der Waals surface area contributed by atoms with Gasteiger partial charge in [-0.25, -0.2) is 0 Å². The van der Waals surface area contributed by atoms with Gasteiger partial charge < -0.3 is 20.1 Å². The zero-order chi connectivity index (χ0) is 16.2. The van der Waals surface area contributed by atoms with E-state index in [0.717, 1.165) is 23.5 Å². The first-order chi connectivity index (χ1) is 11.2. The first kappa shape index (κ1) is 15.8. The van der Waals surface area contributed by atoms with E-state index in [1.807, 2.05) is 31.3 Å². The van der Waals surface area contributed by atoms with Gasteiger partial charge in [0.2, 0.25) is 0 Å². The van der Waals surface area contributed by atoms with Crippen LogP contribution in [-0.2, 0) is 0 Å². The maximum absolute atomic E-state index is 10.8. The van der Waals surface area contributed by atoms with Crippen LogP contribution in [0.5, 0.6) is 5.75 Å². The third-order valence-electron chi connectivity index (χ3n) is 4.27. The fraction of sp³-hybridized carbons (Fsp3) is 0.368. The number of ether oxygens (including phenoxy) is 1. The van der Waals surface area contributed by atoms with Gasteiger partial charge in [0.15, 0.2) is 0 Å². The van der Waals surface area contributed by atoms with Crippen molar-refractivity contribution in [3.63, 3.8) is 0 Å². The van der Waals surface area contributed by atoms with Crippen molar-refractivity contribution in [2.75, 3.05) is 31.6 Å². The second kappa shape index (κ2) is 7.02. The molecule has 23 heavy (non-hydrogen) atoms. The molecule has 2 N–H and O–H groups in total. The summed E-state index contributed by atoms with van der Waals surface area (Å²) in [5.41, 5.74) is 3.36. The molecule has 0 spiro atoms. The van der Waals surface area contributed by atoms with E-state index in [2.05, 4.69) is 41.4 Å². The summed E-state index contributed by atoms with van der Waals surface area (Å²) in [4.78, 5) is 2.27. The van der Waals surface area contributed by atoms with Crippen molar-refractivity contribution in [3.8, 4) is 5.75 Å². The van der Waals surface area contributed by atoms with Crippen LogP contribution in [0.3, 0.4) is 0 Å². The SMILES string of the molecule is CNCC(O)C(c1ccccc1)N1CCOc2ccc(C)cc21. The van der Waals surface area contributed by atoms with Crippen molar-refractivity contribution in [2.45, 2.75) is 19.1 Å². The number of benzene rings is 2. The highest BCUT2D eigenvalue weighted by molar-refractivity contribution is 5.62. The highest BCUT2D eigenvalue weighted by Gasteiger charge is 2.31. The highest BCUT2D eigenvalue weighted by atomic mass is 16.5. The van der Waals surface area contributed by atoms with Crippen LogP contribution in [0.25, 0.3) is 0 Å². The number of anilines is 1. The topological polar surface area (TPSA) is 44.7 Å². The summed E-state index contributed by atoms with van der Waals surface area (Å²) in [6.45, 7) is 4.01. The minimum Gasteiger partial charge on any atom is -0.490 e. The second-order valence-electron chi connectivity index (χ2n) is 5.99. The van der Waals surface area contributed by atoms with Gasteiger partial charge in [0.05, 0.1) is 24.4 Å². The monoisotopic (exact) mass is 312 g/mol. The summed E-state index contributed by atoms with van der Waals surface area (Å²) in [5, 5.41) is 13.8. The zero-order valence-electron chi connectivity index (χ0n) is 13.7. The summed E-state index contributed by atoms with van der Waals surface area (Å²) in [7, 11) is 1.86. The largest absolute Gasteiger partial charge is 0.490 e. The Kier molecular flexibility index (Phi) is 4.84. The Balaban J connectivity index is 2.03. The molecule has 1 aliphatic rings. The number of rotatable bonds is 5. The average molecular weight is 312 g/mol. The molecule has 4 heteroatoms. The number of nitrogens with zero attached hydrogens (tertiary/aromatic N) is 1. The second-order valence-corrected chi connectivity index (χ2v) is 5.99. The van der Waals surface area contributed by atoms with E-state index in [0.29, 0.717) is 13.2 Å². The van der Waals surface area contributed by atoms with Gasteiger partial charge in [-0.1, -0.05) is 36.4 Å². The first-order valence-electron chi connectivity index (χ1n) is 8.08. The van der Waals surface area contributed by atoms with Gasteiger partial charge in [-0.15, -0.1) is 0 Å². The van der Waals surface area contributed by atoms with Gasteiger partial charge >= 0.3 is 0 Å². The van der Waals surface area contributed by atoms with Crippen molar-refractivity contribution >= 4 is 5.69 Å². The molecule has 122 valence electrons. The van der Waals surface area contributed by atoms with Gasteiger partial charge in [0.1, 0.15) is 12.4 Å². The van der Waals surface area contributed by atoms with Crippen LogP contribution in [0.4, 0.5) is 5.69 Å². The van der Waals surface area contributed by atoms with Gasteiger partial charge in [-0.2, -0.15) is 0 Å². The Hall–Kier alpha value is -2.04. The Morgan fingerprint density at radius 1 is 1.22 bits per heavy atom. The summed E-state index contributed by atoms with van der Waals surface area (Å²) >= 11 is 0. The summed E-state index contributed by atoms with van der Waals surface area (Å²) in [6.07, 6.45) is -0.506. The smallest absolute Gasteiger partial charge is 0.142 e. The van der Waals surface area contributed by atoms with Crippen LogP contribution >= 0.6 is 0 Å². The number of likely N-dealkylation sites (N-methyl/N-ethyl adjacent to an activating group) is 1. The Morgan fingerprint density at radius 2 is 2.00 bits per heavy atom. The normalized spacial score (nSPS) is 16.4. The van der Waals surface area contributed by atoms with Crippen molar-refractivity contribution < 1.29 is 9.84 Å². The first-order valence-corrected chi connectivity index (χ1v) is 8.08. The van der Waals surface area contributed by atoms with Gasteiger partial charge in [0, 0.05) is 6.54 Å². The molecule has 2 unspecified atom stereocenters. The number of aliphatic hydroxyl groups excluding tert-OH is 1. The van der Waals surface area contributed by atoms with E-state index in [-0.39, 0.29) is 6.04 Å². The lowest BCUT2D eigenvalue weighted by molar-refractivity contribution is 0.135. The van der Waals surface area contributed by atoms with Crippen LogP contribution < -0.4 is 15.0 Å². The molecule has 1 aliphatic heterocycles. The van der Waals surface area contributed by atoms with E-state index in [1.165, 1.54) is 5.56 Å². The molecule has 2 aromatic carbocycles. The van der Waals surface area contributed by atoms with Crippen molar-refractivity contribution in [2.24, 2.45) is 0 Å². The van der Waals surface area contributed by atoms with Crippen LogP contribution in [-0.4, -0.2) is 38.0 Å². The number of aliphatic hydroxyl groups is 1. The molecule has 1 heterocycles. The number of hydrogen-bond acceptors (Lipinski definition) is 4. The highest BCUT2D eigenvalue weighted by Crippen LogP contribution is 2.38. The lowest BCUT2D eigenvalue weighted by Crippen LogP contribution is -2.44. The van der Waals surface area contributed by atoms with Crippen LogP contribution in [0.1, 0.15) is 17.2 Å². The van der Waals surface area contributed by atoms with Crippen LogP contribution in [0, 0.1) is 6.92 Å². The fourth-order valence-electron chi connectivity index (χ4n) is 3.22. The fourth-order valence-corrected chi connectivity index (χ4v) is 3.22. The minimum absolute atomic E-state index is 0.104. The zero-order valence-corrected chi connectivity index (χ0v) is 13.7. The van der Waals surface area contributed by atoms with Crippen molar-refractivity contribution in [1.29, 1.82) is 0 Å². The minimum atomic E-state index is -0.506. The van der Waals surface area contributed by atoms with Crippen LogP contribution in [0.15, 0.2) is 48.5 Å². The predicted octanol–water partition coefficient (Wildman–Crippen LogP) is 2.52. The maximum Gasteiger partial charge on any atom is 0.142 e. The molecule has 0 saturated carbocycles. The molecule has 0 fully saturated rings. The molecule has 2 aromatic rings. The number of hydrogen-bond donors (Lipinski definition) is 2. The molecule has 0 amide bonds.